The molecule has 0 aliphatic heterocycles. The van der Waals surface area contributed by atoms with Crippen molar-refractivity contribution in [1.29, 1.82) is 0 Å². The maximum atomic E-state index is 12.9. The number of rotatable bonds is 2. The number of hydrogen-bond donors (Lipinski definition) is 0. The molecule has 1 aromatic carbocycles. The van der Waals surface area contributed by atoms with E-state index in [0.717, 1.165) is 18.9 Å². The van der Waals surface area contributed by atoms with Gasteiger partial charge < -0.3 is 4.57 Å². The molecule has 94 valence electrons. The van der Waals surface area contributed by atoms with Crippen LogP contribution in [-0.4, -0.2) is 14.8 Å². The topological polar surface area (TPSA) is 30.7 Å². The first-order chi connectivity index (χ1) is 8.57. The lowest BCUT2D eigenvalue weighted by atomic mass is 10.1. The highest BCUT2D eigenvalue weighted by molar-refractivity contribution is 5.61. The van der Waals surface area contributed by atoms with Gasteiger partial charge in [0.1, 0.15) is 6.33 Å². The zero-order valence-corrected chi connectivity index (χ0v) is 9.35. The van der Waals surface area contributed by atoms with E-state index >= 15 is 0 Å². The third-order valence-corrected chi connectivity index (χ3v) is 2.99. The van der Waals surface area contributed by atoms with Crippen LogP contribution in [0.2, 0.25) is 0 Å². The monoisotopic (exact) mass is 253 g/mol. The zero-order valence-electron chi connectivity index (χ0n) is 9.35. The fourth-order valence-electron chi connectivity index (χ4n) is 1.98. The van der Waals surface area contributed by atoms with Gasteiger partial charge in [0, 0.05) is 11.6 Å². The number of benzene rings is 1. The fourth-order valence-corrected chi connectivity index (χ4v) is 1.98. The van der Waals surface area contributed by atoms with E-state index in [4.69, 9.17) is 0 Å². The second-order valence-corrected chi connectivity index (χ2v) is 4.34. The van der Waals surface area contributed by atoms with Crippen molar-refractivity contribution in [1.82, 2.24) is 14.8 Å². The summed E-state index contributed by atoms with van der Waals surface area (Å²) in [5, 5.41) is 7.56. The van der Waals surface area contributed by atoms with Crippen LogP contribution in [0.15, 0.2) is 30.6 Å². The first-order valence-electron chi connectivity index (χ1n) is 5.63. The van der Waals surface area contributed by atoms with Gasteiger partial charge >= 0.3 is 6.18 Å². The lowest BCUT2D eigenvalue weighted by Crippen LogP contribution is -2.09. The minimum absolute atomic E-state index is 0.0920. The van der Waals surface area contributed by atoms with Crippen LogP contribution in [0.5, 0.6) is 0 Å². The molecule has 0 saturated heterocycles. The molecule has 6 heteroatoms. The van der Waals surface area contributed by atoms with Crippen LogP contribution in [0.4, 0.5) is 13.2 Å². The van der Waals surface area contributed by atoms with Gasteiger partial charge in [0.25, 0.3) is 0 Å². The van der Waals surface area contributed by atoms with E-state index in [1.807, 2.05) is 0 Å². The fraction of sp³-hybridized carbons (Fsp3) is 0.333. The van der Waals surface area contributed by atoms with Crippen LogP contribution in [0.25, 0.3) is 11.4 Å². The summed E-state index contributed by atoms with van der Waals surface area (Å²) in [7, 11) is 0. The normalized spacial score (nSPS) is 15.9. The molecule has 0 spiro atoms. The summed E-state index contributed by atoms with van der Waals surface area (Å²) in [6.45, 7) is 0. The van der Waals surface area contributed by atoms with Gasteiger partial charge in [0.2, 0.25) is 0 Å². The van der Waals surface area contributed by atoms with Gasteiger partial charge in [-0.3, -0.25) is 0 Å². The Bertz CT molecular complexity index is 570. The number of hydrogen-bond acceptors (Lipinski definition) is 2. The smallest absolute Gasteiger partial charge is 0.310 e. The van der Waals surface area contributed by atoms with Crippen LogP contribution in [0, 0.1) is 0 Å². The first-order valence-corrected chi connectivity index (χ1v) is 5.63. The van der Waals surface area contributed by atoms with Crippen molar-refractivity contribution in [3.05, 3.63) is 36.2 Å². The molecule has 0 N–H and O–H groups in total. The minimum Gasteiger partial charge on any atom is -0.310 e. The third kappa shape index (κ3) is 1.87. The summed E-state index contributed by atoms with van der Waals surface area (Å²) in [4.78, 5) is 0. The predicted molar refractivity (Wildman–Crippen MR) is 58.7 cm³/mol. The highest BCUT2D eigenvalue weighted by atomic mass is 19.4. The second-order valence-electron chi connectivity index (χ2n) is 4.34. The van der Waals surface area contributed by atoms with Gasteiger partial charge in [-0.2, -0.15) is 13.2 Å². The molecule has 0 radical (unpaired) electrons. The molecule has 1 heterocycles. The average Bonchev–Trinajstić information content (AvgIpc) is 3.06. The molecule has 1 fully saturated rings. The third-order valence-electron chi connectivity index (χ3n) is 2.99. The number of aromatic nitrogens is 3. The Labute approximate surface area is 101 Å². The molecular formula is C12H10F3N3. The Morgan fingerprint density at radius 2 is 1.89 bits per heavy atom. The predicted octanol–water partition coefficient (Wildman–Crippen LogP) is 3.30. The maximum absolute atomic E-state index is 12.9. The quantitative estimate of drug-likeness (QED) is 0.822. The molecule has 1 aromatic heterocycles. The Hall–Kier alpha value is -1.85. The molecule has 3 nitrogen and oxygen atoms in total. The van der Waals surface area contributed by atoms with Gasteiger partial charge in [-0.25, -0.2) is 0 Å². The van der Waals surface area contributed by atoms with Crippen molar-refractivity contribution in [2.24, 2.45) is 0 Å². The number of halogens is 3. The van der Waals surface area contributed by atoms with Crippen LogP contribution >= 0.6 is 0 Å². The van der Waals surface area contributed by atoms with E-state index in [1.165, 1.54) is 18.5 Å². The molecular weight excluding hydrogens is 243 g/mol. The molecule has 0 amide bonds. The molecule has 0 unspecified atom stereocenters. The van der Waals surface area contributed by atoms with Gasteiger partial charge in [0.05, 0.1) is 5.56 Å². The van der Waals surface area contributed by atoms with Crippen LogP contribution in [0.1, 0.15) is 24.4 Å². The van der Waals surface area contributed by atoms with E-state index in [-0.39, 0.29) is 11.6 Å². The van der Waals surface area contributed by atoms with Crippen LogP contribution in [0.3, 0.4) is 0 Å². The number of nitrogens with zero attached hydrogens (tertiary/aromatic N) is 3. The lowest BCUT2D eigenvalue weighted by Gasteiger charge is -2.12. The summed E-state index contributed by atoms with van der Waals surface area (Å²) in [6.07, 6.45) is -0.935. The summed E-state index contributed by atoms with van der Waals surface area (Å²) in [6, 6.07) is 5.71. The Morgan fingerprint density at radius 3 is 2.56 bits per heavy atom. The summed E-state index contributed by atoms with van der Waals surface area (Å²) < 4.78 is 40.5. The van der Waals surface area contributed by atoms with Crippen LogP contribution in [-0.2, 0) is 6.18 Å². The molecule has 0 bridgehead atoms. The van der Waals surface area contributed by atoms with Crippen molar-refractivity contribution in [3.8, 4) is 11.4 Å². The van der Waals surface area contributed by atoms with E-state index in [2.05, 4.69) is 10.2 Å². The van der Waals surface area contributed by atoms with E-state index in [1.54, 1.807) is 10.6 Å². The van der Waals surface area contributed by atoms with Crippen molar-refractivity contribution >= 4 is 0 Å². The molecule has 18 heavy (non-hydrogen) atoms. The minimum atomic E-state index is -4.38. The van der Waals surface area contributed by atoms with Crippen molar-refractivity contribution < 1.29 is 13.2 Å². The van der Waals surface area contributed by atoms with Gasteiger partial charge in [-0.15, -0.1) is 10.2 Å². The Kier molecular flexibility index (Phi) is 2.39. The highest BCUT2D eigenvalue weighted by Crippen LogP contribution is 2.40. The van der Waals surface area contributed by atoms with E-state index in [0.29, 0.717) is 5.82 Å². The summed E-state index contributed by atoms with van der Waals surface area (Å²) in [5.41, 5.74) is -0.575. The van der Waals surface area contributed by atoms with Gasteiger partial charge in [0.15, 0.2) is 5.82 Å². The van der Waals surface area contributed by atoms with Gasteiger partial charge in [-0.1, -0.05) is 18.2 Å². The number of alkyl halides is 3. The lowest BCUT2D eigenvalue weighted by molar-refractivity contribution is -0.137. The van der Waals surface area contributed by atoms with Crippen molar-refractivity contribution in [2.45, 2.75) is 25.1 Å². The second kappa shape index (κ2) is 3.83. The van der Waals surface area contributed by atoms with E-state index < -0.39 is 11.7 Å². The molecule has 2 aromatic rings. The largest absolute Gasteiger partial charge is 0.417 e. The Morgan fingerprint density at radius 1 is 1.17 bits per heavy atom. The van der Waals surface area contributed by atoms with E-state index in [9.17, 15) is 13.2 Å². The highest BCUT2D eigenvalue weighted by Gasteiger charge is 2.35. The maximum Gasteiger partial charge on any atom is 0.417 e. The summed E-state index contributed by atoms with van der Waals surface area (Å²) in [5.74, 6) is 0.297. The summed E-state index contributed by atoms with van der Waals surface area (Å²) >= 11 is 0. The van der Waals surface area contributed by atoms with Crippen molar-refractivity contribution in [2.75, 3.05) is 0 Å². The molecule has 3 rings (SSSR count). The molecule has 1 aliphatic carbocycles. The standard InChI is InChI=1S/C12H10F3N3/c13-12(14,15)10-4-2-1-3-9(10)11-17-16-7-18(11)8-5-6-8/h1-4,7-8H,5-6H2. The SMILES string of the molecule is FC(F)(F)c1ccccc1-c1nncn1C1CC1. The average molecular weight is 253 g/mol. The van der Waals surface area contributed by atoms with Gasteiger partial charge in [-0.05, 0) is 18.9 Å². The van der Waals surface area contributed by atoms with Crippen molar-refractivity contribution in [3.63, 3.8) is 0 Å². The molecule has 0 atom stereocenters. The molecule has 1 aliphatic rings. The first kappa shape index (κ1) is 11.3. The molecule has 1 saturated carbocycles. The Balaban J connectivity index is 2.14. The van der Waals surface area contributed by atoms with Crippen LogP contribution < -0.4 is 0 Å². The zero-order chi connectivity index (χ0) is 12.8.